The summed E-state index contributed by atoms with van der Waals surface area (Å²) in [5.74, 6) is 0. The van der Waals surface area contributed by atoms with E-state index in [1.54, 1.807) is 0 Å². The topological polar surface area (TPSA) is 75.6 Å². The number of halogens is 1. The first kappa shape index (κ1) is 7.38. The summed E-state index contributed by atoms with van der Waals surface area (Å²) in [6, 6.07) is -1.10. The number of carbonyl (C=O) groups excluding carboxylic acids is 1. The molecule has 0 saturated carbocycles. The molecule has 0 aliphatic carbocycles. The average molecular weight is 157 g/mol. The van der Waals surface area contributed by atoms with E-state index in [1.165, 1.54) is 4.84 Å². The summed E-state index contributed by atoms with van der Waals surface area (Å²) in [4.78, 5) is 11.3. The minimum absolute atomic E-state index is 1.10. The lowest BCUT2D eigenvalue weighted by Gasteiger charge is -1.76. The average Bonchev–Trinajstić information content (AvgIpc) is 1.65. The lowest BCUT2D eigenvalue weighted by atomic mass is 11.2. The zero-order chi connectivity index (χ0) is 6.57. The van der Waals surface area contributed by atoms with Crippen LogP contribution >= 0.6 is 11.8 Å². The number of nitrogens with one attached hydrogen (secondary N) is 1. The molecule has 0 aromatic rings. The molecule has 0 saturated heterocycles. The van der Waals surface area contributed by atoms with Gasteiger partial charge in [-0.1, -0.05) is 4.36 Å². The molecule has 0 aliphatic heterocycles. The quantitative estimate of drug-likeness (QED) is 0.498. The Labute approximate surface area is 51.5 Å². The Morgan fingerprint density at radius 3 is 2.25 bits per heavy atom. The normalized spacial score (nSPS) is 7.62. The Morgan fingerprint density at radius 2 is 2.12 bits per heavy atom. The van der Waals surface area contributed by atoms with Crippen molar-refractivity contribution in [1.29, 1.82) is 0 Å². The van der Waals surface area contributed by atoms with Crippen LogP contribution in [0, 0.1) is 0 Å². The van der Waals surface area contributed by atoms with Crippen LogP contribution in [0.2, 0.25) is 0 Å². The summed E-state index contributed by atoms with van der Waals surface area (Å²) < 4.78 is 21.4. The molecule has 0 rings (SSSR count). The summed E-state index contributed by atoms with van der Waals surface area (Å²) in [7, 11) is -2.72. The molecule has 0 heterocycles. The molecule has 5 nitrogen and oxygen atoms in total. The predicted octanol–water partition coefficient (Wildman–Crippen LogP) is -0.0875. The van der Waals surface area contributed by atoms with E-state index in [-0.39, 0.29) is 0 Å². The van der Waals surface area contributed by atoms with Gasteiger partial charge in [0.2, 0.25) is 0 Å². The molecule has 2 amide bonds. The van der Waals surface area contributed by atoms with Gasteiger partial charge in [0.05, 0.1) is 0 Å². The highest BCUT2D eigenvalue weighted by molar-refractivity contribution is 7.62. The van der Waals surface area contributed by atoms with Gasteiger partial charge in [0.1, 0.15) is 0 Å². The van der Waals surface area contributed by atoms with Crippen LogP contribution in [0.1, 0.15) is 0 Å². The van der Waals surface area contributed by atoms with Crippen molar-refractivity contribution in [1.82, 2.24) is 4.84 Å². The first-order valence-electron chi connectivity index (χ1n) is 1.38. The van der Waals surface area contributed by atoms with Crippen molar-refractivity contribution in [2.75, 3.05) is 0 Å². The highest BCUT2D eigenvalue weighted by atomic mass is 35.5. The molecule has 8 heavy (non-hydrogen) atoms. The van der Waals surface area contributed by atoms with Gasteiger partial charge in [-0.05, 0) is 0 Å². The lowest BCUT2D eigenvalue weighted by Crippen LogP contribution is -2.04. The van der Waals surface area contributed by atoms with Gasteiger partial charge in [-0.25, -0.2) is 9.63 Å². The molecule has 0 aliphatic rings. The van der Waals surface area contributed by atoms with Gasteiger partial charge in [-0.15, -0.1) is 0 Å². The third kappa shape index (κ3) is 3.57. The van der Waals surface area contributed by atoms with Crippen LogP contribution in [-0.2, 0) is 10.5 Å². The fourth-order valence-corrected chi connectivity index (χ4v) is 0.358. The van der Waals surface area contributed by atoms with Crippen LogP contribution in [0.4, 0.5) is 4.79 Å². The smallest absolute Gasteiger partial charge is 0.247 e. The van der Waals surface area contributed by atoms with Gasteiger partial charge in [0.15, 0.2) is 0 Å². The Morgan fingerprint density at radius 1 is 1.62 bits per heavy atom. The molecule has 0 atom stereocenters. The van der Waals surface area contributed by atoms with Crippen LogP contribution in [0.5, 0.6) is 0 Å². The second-order valence-corrected chi connectivity index (χ2v) is 1.51. The monoisotopic (exact) mass is 156 g/mol. The third-order valence-electron chi connectivity index (χ3n) is 0.238. The Kier molecular flexibility index (Phi) is 3.13. The van der Waals surface area contributed by atoms with Crippen molar-refractivity contribution in [2.24, 2.45) is 4.36 Å². The molecular weight excluding hydrogens is 156 g/mol. The van der Waals surface area contributed by atoms with E-state index in [0.717, 1.165) is 0 Å². The maximum Gasteiger partial charge on any atom is 0.370 e. The van der Waals surface area contributed by atoms with Gasteiger partial charge in [0, 0.05) is 11.8 Å². The van der Waals surface area contributed by atoms with E-state index >= 15 is 0 Å². The zero-order valence-corrected chi connectivity index (χ0v) is 5.03. The predicted molar refractivity (Wildman–Crippen MR) is 25.7 cm³/mol. The third-order valence-corrected chi connectivity index (χ3v) is 0.715. The number of rotatable bonds is 0. The summed E-state index contributed by atoms with van der Waals surface area (Å²) in [5, 5.41) is 0. The van der Waals surface area contributed by atoms with Gasteiger partial charge in [-0.3, -0.25) is 0 Å². The summed E-state index contributed by atoms with van der Waals surface area (Å²) in [5.41, 5.74) is 0. The maximum absolute atomic E-state index is 9.82. The summed E-state index contributed by atoms with van der Waals surface area (Å²) in [6.45, 7) is 0. The zero-order valence-electron chi connectivity index (χ0n) is 3.46. The molecule has 0 unspecified atom stereocenters. The summed E-state index contributed by atoms with van der Waals surface area (Å²) >= 11 is 4.63. The molecule has 0 aromatic carbocycles. The largest absolute Gasteiger partial charge is 0.370 e. The molecule has 0 bridgehead atoms. The van der Waals surface area contributed by atoms with E-state index in [1.807, 2.05) is 0 Å². The minimum Gasteiger partial charge on any atom is -0.247 e. The Hall–Kier alpha value is -0.620. The molecule has 0 spiro atoms. The van der Waals surface area contributed by atoms with Crippen LogP contribution in [0.3, 0.4) is 0 Å². The maximum atomic E-state index is 9.82. The first-order valence-corrected chi connectivity index (χ1v) is 2.79. The highest BCUT2D eigenvalue weighted by Gasteiger charge is 1.89. The van der Waals surface area contributed by atoms with E-state index in [9.17, 15) is 13.2 Å². The Balaban J connectivity index is 4.12. The number of hydrogen-bond donors (Lipinski definition) is 1. The molecule has 0 fully saturated rings. The van der Waals surface area contributed by atoms with Crippen molar-refractivity contribution in [2.45, 2.75) is 0 Å². The Bertz CT molecular complexity index is 197. The second kappa shape index (κ2) is 3.39. The van der Waals surface area contributed by atoms with Gasteiger partial charge >= 0.3 is 16.5 Å². The molecular formula is CHClN2O3S. The fraction of sp³-hybridized carbons (Fsp3) is 0. The van der Waals surface area contributed by atoms with Gasteiger partial charge in [0.25, 0.3) is 0 Å². The van der Waals surface area contributed by atoms with Crippen molar-refractivity contribution in [3.63, 3.8) is 0 Å². The van der Waals surface area contributed by atoms with Crippen molar-refractivity contribution in [3.8, 4) is 0 Å². The van der Waals surface area contributed by atoms with Crippen molar-refractivity contribution >= 4 is 28.3 Å². The van der Waals surface area contributed by atoms with E-state index in [2.05, 4.69) is 16.1 Å². The summed E-state index contributed by atoms with van der Waals surface area (Å²) in [6.07, 6.45) is 0. The highest BCUT2D eigenvalue weighted by Crippen LogP contribution is 1.72. The van der Waals surface area contributed by atoms with E-state index < -0.39 is 16.5 Å². The van der Waals surface area contributed by atoms with Gasteiger partial charge in [-0.2, -0.15) is 8.42 Å². The first-order chi connectivity index (χ1) is 3.66. The number of hydrogen-bond acceptors (Lipinski definition) is 3. The van der Waals surface area contributed by atoms with Crippen LogP contribution in [0.25, 0.3) is 0 Å². The fourth-order valence-electron chi connectivity index (χ4n) is 0.0849. The second-order valence-electron chi connectivity index (χ2n) is 0.708. The van der Waals surface area contributed by atoms with E-state index in [0.29, 0.717) is 0 Å². The molecule has 1 N–H and O–H groups in total. The van der Waals surface area contributed by atoms with Crippen molar-refractivity contribution in [3.05, 3.63) is 0 Å². The van der Waals surface area contributed by atoms with Crippen LogP contribution in [-0.4, -0.2) is 14.4 Å². The van der Waals surface area contributed by atoms with E-state index in [4.69, 9.17) is 0 Å². The molecule has 46 valence electrons. The van der Waals surface area contributed by atoms with Gasteiger partial charge < -0.3 is 0 Å². The molecule has 0 aromatic heterocycles. The van der Waals surface area contributed by atoms with Crippen molar-refractivity contribution < 1.29 is 13.2 Å². The molecule has 7 heteroatoms. The number of amides is 2. The minimum atomic E-state index is -2.72. The number of urea groups is 1. The van der Waals surface area contributed by atoms with Crippen LogP contribution < -0.4 is 4.84 Å². The molecule has 0 radical (unpaired) electrons. The van der Waals surface area contributed by atoms with Crippen LogP contribution in [0.15, 0.2) is 4.36 Å². The lowest BCUT2D eigenvalue weighted by molar-refractivity contribution is 0.254. The number of carbonyl (C=O) groups is 1. The standard InChI is InChI=1S/CHClN2O3S/c2-3-1(5)4-8(6)7/h(H,3,5). The number of nitrogens with zero attached hydrogens (tertiary/aromatic N) is 1. The SMILES string of the molecule is O=C(N=S(=O)=O)NCl.